The van der Waals surface area contributed by atoms with Gasteiger partial charge in [0.15, 0.2) is 0 Å². The summed E-state index contributed by atoms with van der Waals surface area (Å²) >= 11 is 0. The molecule has 1 fully saturated rings. The molecule has 0 bridgehead atoms. The van der Waals surface area contributed by atoms with Crippen LogP contribution in [0.2, 0.25) is 0 Å². The maximum absolute atomic E-state index is 12.5. The smallest absolute Gasteiger partial charge is 0.271 e. The van der Waals surface area contributed by atoms with Crippen LogP contribution in [0.4, 0.5) is 11.4 Å². The van der Waals surface area contributed by atoms with Crippen LogP contribution in [0.25, 0.3) is 0 Å². The van der Waals surface area contributed by atoms with Crippen molar-refractivity contribution in [2.45, 2.75) is 13.0 Å². The van der Waals surface area contributed by atoms with Gasteiger partial charge in [-0.2, -0.15) is 0 Å². The van der Waals surface area contributed by atoms with Crippen molar-refractivity contribution in [3.8, 4) is 0 Å². The summed E-state index contributed by atoms with van der Waals surface area (Å²) in [5.74, 6) is -0.472. The van der Waals surface area contributed by atoms with E-state index in [1.807, 2.05) is 0 Å². The number of hydrogen-bond donors (Lipinski definition) is 1. The zero-order valence-electron chi connectivity index (χ0n) is 15.3. The Morgan fingerprint density at radius 1 is 1.41 bits per heavy atom. The molecule has 0 saturated carbocycles. The molecule has 1 atom stereocenters. The third-order valence-electron chi connectivity index (χ3n) is 4.21. The van der Waals surface area contributed by atoms with E-state index in [2.05, 4.69) is 10.2 Å². The second kappa shape index (κ2) is 9.11. The van der Waals surface area contributed by atoms with E-state index in [-0.39, 0.29) is 11.4 Å². The highest BCUT2D eigenvalue weighted by Crippen LogP contribution is 2.25. The van der Waals surface area contributed by atoms with Gasteiger partial charge in [0, 0.05) is 38.3 Å². The quantitative estimate of drug-likeness (QED) is 0.488. The van der Waals surface area contributed by atoms with Crippen LogP contribution in [0, 0.1) is 10.1 Å². The molecule has 0 radical (unpaired) electrons. The van der Waals surface area contributed by atoms with E-state index >= 15 is 0 Å². The van der Waals surface area contributed by atoms with Crippen molar-refractivity contribution in [3.63, 3.8) is 0 Å². The molecular weight excluding hydrogens is 376 g/mol. The van der Waals surface area contributed by atoms with Crippen LogP contribution in [0.5, 0.6) is 0 Å². The monoisotopic (exact) mass is 400 g/mol. The van der Waals surface area contributed by atoms with Crippen molar-refractivity contribution in [3.05, 3.63) is 34.4 Å². The third-order valence-corrected chi connectivity index (χ3v) is 5.46. The summed E-state index contributed by atoms with van der Waals surface area (Å²) in [6.07, 6.45) is 0.962. The molecule has 1 amide bonds. The lowest BCUT2D eigenvalue weighted by atomic mass is 10.2. The molecule has 1 N–H and O–H groups in total. The van der Waals surface area contributed by atoms with Crippen molar-refractivity contribution in [1.82, 2.24) is 10.2 Å². The molecule has 2 rings (SSSR count). The van der Waals surface area contributed by atoms with Crippen molar-refractivity contribution >= 4 is 27.3 Å². The summed E-state index contributed by atoms with van der Waals surface area (Å²) in [5, 5.41) is 13.7. The minimum atomic E-state index is -3.83. The first-order chi connectivity index (χ1) is 12.7. The number of anilines is 1. The first-order valence-corrected chi connectivity index (χ1v) is 10.4. The molecule has 0 unspecified atom stereocenters. The highest BCUT2D eigenvalue weighted by molar-refractivity contribution is 7.92. The van der Waals surface area contributed by atoms with Crippen LogP contribution >= 0.6 is 0 Å². The molecule has 0 spiro atoms. The third kappa shape index (κ3) is 5.88. The molecule has 10 nitrogen and oxygen atoms in total. The molecule has 1 aromatic rings. The van der Waals surface area contributed by atoms with E-state index in [1.54, 1.807) is 0 Å². The second-order valence-corrected chi connectivity index (χ2v) is 8.12. The lowest BCUT2D eigenvalue weighted by Crippen LogP contribution is -2.49. The standard InChI is InChI=1S/C16H24N4O6S/c1-13(16(21)17-6-7-18-8-10-26-11-9-18)19(27(2,24)25)14-4-3-5-15(12-14)20(22)23/h3-5,12-13H,6-11H2,1-2H3,(H,17,21)/t13-/m0/s1. The summed E-state index contributed by atoms with van der Waals surface area (Å²) in [6.45, 7) is 5.33. The Hall–Kier alpha value is -2.24. The van der Waals surface area contributed by atoms with Gasteiger partial charge in [-0.3, -0.25) is 24.1 Å². The molecule has 1 aliphatic rings. The predicted octanol–water partition coefficient (Wildman–Crippen LogP) is 0.198. The summed E-state index contributed by atoms with van der Waals surface area (Å²) in [6, 6.07) is 4.15. The number of carbonyl (C=O) groups excluding carboxylic acids is 1. The second-order valence-electron chi connectivity index (χ2n) is 6.26. The number of hydrogen-bond acceptors (Lipinski definition) is 7. The fraction of sp³-hybridized carbons (Fsp3) is 0.562. The number of ether oxygens (including phenoxy) is 1. The Morgan fingerprint density at radius 3 is 2.67 bits per heavy atom. The minimum absolute atomic E-state index is 0.0718. The Bertz CT molecular complexity index is 779. The number of non-ortho nitro benzene ring substituents is 1. The maximum atomic E-state index is 12.5. The van der Waals surface area contributed by atoms with Gasteiger partial charge in [-0.15, -0.1) is 0 Å². The number of nitro benzene ring substituents is 1. The van der Waals surface area contributed by atoms with E-state index in [1.165, 1.54) is 25.1 Å². The summed E-state index contributed by atoms with van der Waals surface area (Å²) in [7, 11) is -3.83. The van der Waals surface area contributed by atoms with E-state index in [0.29, 0.717) is 26.3 Å². The van der Waals surface area contributed by atoms with Crippen molar-refractivity contribution in [1.29, 1.82) is 0 Å². The molecule has 0 aliphatic carbocycles. The molecule has 0 aromatic heterocycles. The average molecular weight is 400 g/mol. The normalized spacial score (nSPS) is 16.5. The average Bonchev–Trinajstić information content (AvgIpc) is 2.61. The van der Waals surface area contributed by atoms with E-state index in [4.69, 9.17) is 4.74 Å². The van der Waals surface area contributed by atoms with Gasteiger partial charge in [-0.25, -0.2) is 8.42 Å². The van der Waals surface area contributed by atoms with Crippen LogP contribution < -0.4 is 9.62 Å². The van der Waals surface area contributed by atoms with E-state index in [9.17, 15) is 23.3 Å². The highest BCUT2D eigenvalue weighted by atomic mass is 32.2. The number of amides is 1. The van der Waals surface area contributed by atoms with Gasteiger partial charge in [-0.05, 0) is 13.0 Å². The molecule has 27 heavy (non-hydrogen) atoms. The molecule has 150 valence electrons. The molecule has 11 heteroatoms. The first-order valence-electron chi connectivity index (χ1n) is 8.52. The van der Waals surface area contributed by atoms with Crippen LogP contribution in [0.15, 0.2) is 24.3 Å². The van der Waals surface area contributed by atoms with Gasteiger partial charge in [0.1, 0.15) is 6.04 Å². The number of nitro groups is 1. The van der Waals surface area contributed by atoms with Crippen molar-refractivity contribution < 1.29 is 22.9 Å². The summed E-state index contributed by atoms with van der Waals surface area (Å²) in [5.41, 5.74) is -0.177. The number of benzene rings is 1. The summed E-state index contributed by atoms with van der Waals surface area (Å²) < 4.78 is 30.6. The van der Waals surface area contributed by atoms with Crippen LogP contribution in [-0.4, -0.2) is 75.8 Å². The zero-order valence-corrected chi connectivity index (χ0v) is 16.1. The largest absolute Gasteiger partial charge is 0.379 e. The van der Waals surface area contributed by atoms with Gasteiger partial charge >= 0.3 is 0 Å². The highest BCUT2D eigenvalue weighted by Gasteiger charge is 2.30. The SMILES string of the molecule is C[C@@H](C(=O)NCCN1CCOCC1)N(c1cccc([N+](=O)[O-])c1)S(C)(=O)=O. The first kappa shape index (κ1) is 21.1. The van der Waals surface area contributed by atoms with E-state index in [0.717, 1.165) is 29.7 Å². The molecule has 1 aromatic carbocycles. The Balaban J connectivity index is 2.08. The van der Waals surface area contributed by atoms with Crippen LogP contribution in [-0.2, 0) is 19.6 Å². The fourth-order valence-electron chi connectivity index (χ4n) is 2.86. The fourth-order valence-corrected chi connectivity index (χ4v) is 4.03. The van der Waals surface area contributed by atoms with Gasteiger partial charge in [0.05, 0.1) is 30.1 Å². The molecule has 1 saturated heterocycles. The minimum Gasteiger partial charge on any atom is -0.379 e. The van der Waals surface area contributed by atoms with Crippen molar-refractivity contribution in [2.75, 3.05) is 50.0 Å². The number of rotatable bonds is 8. The number of sulfonamides is 1. The zero-order chi connectivity index (χ0) is 20.0. The Labute approximate surface area is 158 Å². The molecule has 1 aliphatic heterocycles. The maximum Gasteiger partial charge on any atom is 0.271 e. The van der Waals surface area contributed by atoms with Gasteiger partial charge in [-0.1, -0.05) is 6.07 Å². The van der Waals surface area contributed by atoms with Gasteiger partial charge in [0.2, 0.25) is 15.9 Å². The molecular formula is C16H24N4O6S. The number of carbonyl (C=O) groups is 1. The topological polar surface area (TPSA) is 122 Å². The van der Waals surface area contributed by atoms with Gasteiger partial charge in [0.25, 0.3) is 5.69 Å². The number of nitrogens with zero attached hydrogens (tertiary/aromatic N) is 3. The molecule has 1 heterocycles. The Morgan fingerprint density at radius 2 is 2.07 bits per heavy atom. The number of nitrogens with one attached hydrogen (secondary N) is 1. The predicted molar refractivity (Wildman–Crippen MR) is 100 cm³/mol. The summed E-state index contributed by atoms with van der Waals surface area (Å²) in [4.78, 5) is 25.0. The number of morpholine rings is 1. The Kier molecular flexibility index (Phi) is 7.11. The van der Waals surface area contributed by atoms with Crippen LogP contribution in [0.1, 0.15) is 6.92 Å². The van der Waals surface area contributed by atoms with Crippen molar-refractivity contribution in [2.24, 2.45) is 0 Å². The van der Waals surface area contributed by atoms with Gasteiger partial charge < -0.3 is 10.1 Å². The van der Waals surface area contributed by atoms with E-state index < -0.39 is 26.9 Å². The van der Waals surface area contributed by atoms with Crippen LogP contribution in [0.3, 0.4) is 0 Å². The lowest BCUT2D eigenvalue weighted by Gasteiger charge is -2.29. The lowest BCUT2D eigenvalue weighted by molar-refractivity contribution is -0.384.